The van der Waals surface area contributed by atoms with E-state index in [2.05, 4.69) is 21.2 Å². The second kappa shape index (κ2) is 8.05. The number of carbonyl (C=O) groups excluding carboxylic acids is 1. The Hall–Kier alpha value is -2.18. The molecule has 28 heavy (non-hydrogen) atoms. The molecule has 1 aliphatic heterocycles. The highest BCUT2D eigenvalue weighted by molar-refractivity contribution is 9.10. The maximum atomic E-state index is 12.6. The summed E-state index contributed by atoms with van der Waals surface area (Å²) in [5.74, 6) is 1.01. The van der Waals surface area contributed by atoms with Gasteiger partial charge in [-0.05, 0) is 60.5 Å². The number of rotatable bonds is 4. The molecule has 0 aromatic heterocycles. The van der Waals surface area contributed by atoms with Gasteiger partial charge in [-0.15, -0.1) is 0 Å². The number of ketones is 1. The minimum atomic E-state index is -0.188. The first-order valence-electron chi connectivity index (χ1n) is 9.30. The van der Waals surface area contributed by atoms with Crippen LogP contribution in [0.3, 0.4) is 0 Å². The number of halogens is 1. The van der Waals surface area contributed by atoms with Gasteiger partial charge >= 0.3 is 0 Å². The van der Waals surface area contributed by atoms with Gasteiger partial charge < -0.3 is 15.0 Å². The molecule has 0 amide bonds. The number of hydrogen-bond acceptors (Lipinski definition) is 3. The van der Waals surface area contributed by atoms with Crippen molar-refractivity contribution in [1.82, 2.24) is 10.2 Å². The molecule has 4 rings (SSSR count). The molecule has 0 saturated heterocycles. The number of nitrogens with zero attached hydrogens (tertiary/aromatic N) is 1. The van der Waals surface area contributed by atoms with E-state index in [1.807, 2.05) is 60.5 Å². The zero-order valence-electron chi connectivity index (χ0n) is 15.6. The average molecular weight is 457 g/mol. The van der Waals surface area contributed by atoms with E-state index in [-0.39, 0.29) is 11.8 Å². The van der Waals surface area contributed by atoms with Gasteiger partial charge in [-0.3, -0.25) is 4.79 Å². The van der Waals surface area contributed by atoms with E-state index in [0.29, 0.717) is 18.1 Å². The second-order valence-corrected chi connectivity index (χ2v) is 8.37. The molecule has 2 aromatic carbocycles. The van der Waals surface area contributed by atoms with Gasteiger partial charge in [0.15, 0.2) is 10.9 Å². The van der Waals surface area contributed by atoms with Gasteiger partial charge in [0.1, 0.15) is 12.4 Å². The average Bonchev–Trinajstić information content (AvgIpc) is 2.71. The summed E-state index contributed by atoms with van der Waals surface area (Å²) in [5.41, 5.74) is 4.04. The third-order valence-electron chi connectivity index (χ3n) is 5.23. The van der Waals surface area contributed by atoms with Crippen LogP contribution < -0.4 is 10.1 Å². The van der Waals surface area contributed by atoms with Crippen LogP contribution in [0, 0.1) is 0 Å². The van der Waals surface area contributed by atoms with Gasteiger partial charge in [0, 0.05) is 29.2 Å². The Morgan fingerprint density at radius 2 is 1.86 bits per heavy atom. The molecule has 0 saturated carbocycles. The van der Waals surface area contributed by atoms with Crippen LogP contribution in [-0.2, 0) is 11.4 Å². The van der Waals surface area contributed by atoms with Crippen molar-refractivity contribution in [2.75, 3.05) is 7.05 Å². The maximum Gasteiger partial charge on any atom is 0.173 e. The van der Waals surface area contributed by atoms with Crippen molar-refractivity contribution in [2.45, 2.75) is 31.9 Å². The van der Waals surface area contributed by atoms with Crippen LogP contribution in [0.1, 0.15) is 36.4 Å². The topological polar surface area (TPSA) is 41.6 Å². The van der Waals surface area contributed by atoms with Gasteiger partial charge in [-0.25, -0.2) is 0 Å². The summed E-state index contributed by atoms with van der Waals surface area (Å²) >= 11 is 8.92. The Morgan fingerprint density at radius 3 is 2.57 bits per heavy atom. The van der Waals surface area contributed by atoms with E-state index in [4.69, 9.17) is 17.0 Å². The SMILES string of the molecule is CN1C(=S)NC(c2ccc(OCc3ccc(Br)cc3)cc2)C2=C1CCCC2=O. The smallest absolute Gasteiger partial charge is 0.173 e. The number of hydrogen-bond donors (Lipinski definition) is 1. The first-order valence-corrected chi connectivity index (χ1v) is 10.5. The highest BCUT2D eigenvalue weighted by Gasteiger charge is 2.35. The van der Waals surface area contributed by atoms with Crippen LogP contribution in [0.25, 0.3) is 0 Å². The Labute approximate surface area is 178 Å². The van der Waals surface area contributed by atoms with Gasteiger partial charge in [0.25, 0.3) is 0 Å². The number of nitrogens with one attached hydrogen (secondary N) is 1. The minimum absolute atomic E-state index is 0.188. The predicted molar refractivity (Wildman–Crippen MR) is 117 cm³/mol. The Balaban J connectivity index is 1.53. The highest BCUT2D eigenvalue weighted by Crippen LogP contribution is 2.37. The van der Waals surface area contributed by atoms with Crippen LogP contribution in [0.15, 0.2) is 64.3 Å². The van der Waals surface area contributed by atoms with Gasteiger partial charge in [0.05, 0.1) is 6.04 Å². The molecule has 1 unspecified atom stereocenters. The molecular weight excluding hydrogens is 436 g/mol. The first-order chi connectivity index (χ1) is 13.5. The van der Waals surface area contributed by atoms with Crippen LogP contribution in [-0.4, -0.2) is 22.8 Å². The number of carbonyl (C=O) groups is 1. The fraction of sp³-hybridized carbons (Fsp3) is 0.273. The van der Waals surface area contributed by atoms with Crippen molar-refractivity contribution < 1.29 is 9.53 Å². The summed E-state index contributed by atoms with van der Waals surface area (Å²) in [6.07, 6.45) is 2.39. The summed E-state index contributed by atoms with van der Waals surface area (Å²) in [6.45, 7) is 0.511. The van der Waals surface area contributed by atoms with Gasteiger partial charge in [-0.1, -0.05) is 40.2 Å². The van der Waals surface area contributed by atoms with E-state index < -0.39 is 0 Å². The molecule has 0 spiro atoms. The number of ether oxygens (including phenoxy) is 1. The lowest BCUT2D eigenvalue weighted by Gasteiger charge is -2.39. The molecule has 2 aliphatic rings. The monoisotopic (exact) mass is 456 g/mol. The summed E-state index contributed by atoms with van der Waals surface area (Å²) in [4.78, 5) is 14.6. The van der Waals surface area contributed by atoms with E-state index in [1.165, 1.54) is 0 Å². The fourth-order valence-electron chi connectivity index (χ4n) is 3.69. The quantitative estimate of drug-likeness (QED) is 0.662. The molecule has 2 aromatic rings. The van der Waals surface area contributed by atoms with E-state index in [1.54, 1.807) is 0 Å². The van der Waals surface area contributed by atoms with Crippen molar-refractivity contribution in [3.8, 4) is 5.75 Å². The number of benzene rings is 2. The lowest BCUT2D eigenvalue weighted by Crippen LogP contribution is -2.47. The molecule has 1 heterocycles. The third-order valence-corrected chi connectivity index (χ3v) is 6.15. The second-order valence-electron chi connectivity index (χ2n) is 7.06. The Bertz CT molecular complexity index is 938. The molecule has 1 aliphatic carbocycles. The highest BCUT2D eigenvalue weighted by atomic mass is 79.9. The molecule has 1 N–H and O–H groups in total. The molecular formula is C22H21BrN2O2S. The minimum Gasteiger partial charge on any atom is -0.489 e. The van der Waals surface area contributed by atoms with Crippen molar-refractivity contribution in [1.29, 1.82) is 0 Å². The summed E-state index contributed by atoms with van der Waals surface area (Å²) in [7, 11) is 1.93. The first kappa shape index (κ1) is 19.2. The molecule has 0 fully saturated rings. The Kier molecular flexibility index (Phi) is 5.51. The summed E-state index contributed by atoms with van der Waals surface area (Å²) in [6, 6.07) is 15.8. The molecule has 144 valence electrons. The van der Waals surface area contributed by atoms with Crippen molar-refractivity contribution in [3.05, 3.63) is 75.4 Å². The zero-order chi connectivity index (χ0) is 19.7. The van der Waals surface area contributed by atoms with Crippen LogP contribution in [0.5, 0.6) is 5.75 Å². The molecule has 4 nitrogen and oxygen atoms in total. The maximum absolute atomic E-state index is 12.6. The Morgan fingerprint density at radius 1 is 1.14 bits per heavy atom. The van der Waals surface area contributed by atoms with Crippen molar-refractivity contribution in [3.63, 3.8) is 0 Å². The van der Waals surface area contributed by atoms with E-state index >= 15 is 0 Å². The van der Waals surface area contributed by atoms with Gasteiger partial charge in [0.2, 0.25) is 0 Å². The zero-order valence-corrected chi connectivity index (χ0v) is 18.0. The standard InChI is InChI=1S/C22H21BrN2O2S/c1-25-18-3-2-4-19(26)20(18)21(24-22(25)28)15-7-11-17(12-8-15)27-13-14-5-9-16(23)10-6-14/h5-12,21H,2-4,13H2,1H3,(H,24,28). The molecule has 1 atom stereocenters. The molecule has 0 bridgehead atoms. The van der Waals surface area contributed by atoms with E-state index in [0.717, 1.165) is 45.5 Å². The lowest BCUT2D eigenvalue weighted by atomic mass is 9.85. The van der Waals surface area contributed by atoms with Gasteiger partial charge in [-0.2, -0.15) is 0 Å². The number of allylic oxidation sites excluding steroid dienone is 1. The van der Waals surface area contributed by atoms with Crippen LogP contribution in [0.2, 0.25) is 0 Å². The molecule has 0 radical (unpaired) electrons. The summed E-state index contributed by atoms with van der Waals surface area (Å²) in [5, 5.41) is 3.99. The number of Topliss-reactive ketones (excluding diaryl/α,β-unsaturated/α-hetero) is 1. The predicted octanol–water partition coefficient (Wildman–Crippen LogP) is 4.90. The lowest BCUT2D eigenvalue weighted by molar-refractivity contribution is -0.116. The fourth-order valence-corrected chi connectivity index (χ4v) is 4.18. The van der Waals surface area contributed by atoms with Crippen LogP contribution in [0.4, 0.5) is 0 Å². The van der Waals surface area contributed by atoms with Crippen LogP contribution >= 0.6 is 28.1 Å². The largest absolute Gasteiger partial charge is 0.489 e. The van der Waals surface area contributed by atoms with Crippen molar-refractivity contribution >= 4 is 39.0 Å². The number of thiocarbonyl (C=S) groups is 1. The summed E-state index contributed by atoms with van der Waals surface area (Å²) < 4.78 is 6.94. The van der Waals surface area contributed by atoms with Crippen molar-refractivity contribution in [2.24, 2.45) is 0 Å². The third kappa shape index (κ3) is 3.84. The normalized spacial score (nSPS) is 19.4. The van der Waals surface area contributed by atoms with E-state index in [9.17, 15) is 4.79 Å². The molecule has 6 heteroatoms.